The molecule has 19 heavy (non-hydrogen) atoms. The van der Waals surface area contributed by atoms with Gasteiger partial charge in [-0.05, 0) is 46.0 Å². The van der Waals surface area contributed by atoms with Gasteiger partial charge in [-0.25, -0.2) is 9.59 Å². The Kier molecular flexibility index (Phi) is 4.82. The van der Waals surface area contributed by atoms with E-state index in [9.17, 15) is 14.7 Å². The third-order valence-corrected chi connectivity index (χ3v) is 2.86. The third-order valence-electron chi connectivity index (χ3n) is 2.86. The molecule has 5 heteroatoms. The van der Waals surface area contributed by atoms with E-state index < -0.39 is 23.7 Å². The first-order valence-electron chi connectivity index (χ1n) is 6.86. The number of rotatable bonds is 5. The average molecular weight is 271 g/mol. The van der Waals surface area contributed by atoms with Gasteiger partial charge in [-0.1, -0.05) is 13.8 Å². The normalized spacial score (nSPS) is 17.2. The van der Waals surface area contributed by atoms with Crippen LogP contribution in [0, 0.1) is 5.92 Å². The molecular formula is C14H25NO4. The van der Waals surface area contributed by atoms with Crippen LogP contribution in [0.3, 0.4) is 0 Å². The lowest BCUT2D eigenvalue weighted by Gasteiger charge is -2.32. The van der Waals surface area contributed by atoms with Gasteiger partial charge in [-0.15, -0.1) is 0 Å². The molecule has 0 aliphatic heterocycles. The molecule has 0 aromatic heterocycles. The van der Waals surface area contributed by atoms with E-state index >= 15 is 0 Å². The molecule has 0 aromatic rings. The lowest BCUT2D eigenvalue weighted by atomic mass is 10.0. The topological polar surface area (TPSA) is 66.8 Å². The monoisotopic (exact) mass is 271 g/mol. The predicted octanol–water partition coefficient (Wildman–Crippen LogP) is 2.89. The molecular weight excluding hydrogens is 246 g/mol. The van der Waals surface area contributed by atoms with Crippen molar-refractivity contribution in [2.24, 2.45) is 5.92 Å². The Morgan fingerprint density at radius 1 is 1.32 bits per heavy atom. The average Bonchev–Trinajstić information content (AvgIpc) is 2.96. The van der Waals surface area contributed by atoms with Crippen molar-refractivity contribution < 1.29 is 19.4 Å². The molecule has 0 spiro atoms. The van der Waals surface area contributed by atoms with E-state index in [0.717, 1.165) is 12.8 Å². The van der Waals surface area contributed by atoms with Crippen molar-refractivity contribution in [3.8, 4) is 0 Å². The second kappa shape index (κ2) is 5.80. The number of carbonyl (C=O) groups is 2. The van der Waals surface area contributed by atoms with E-state index in [1.54, 1.807) is 20.8 Å². The lowest BCUT2D eigenvalue weighted by molar-refractivity contribution is -0.144. The highest BCUT2D eigenvalue weighted by Gasteiger charge is 2.42. The largest absolute Gasteiger partial charge is 0.480 e. The van der Waals surface area contributed by atoms with Crippen molar-refractivity contribution in [1.82, 2.24) is 4.90 Å². The molecule has 1 unspecified atom stereocenters. The van der Waals surface area contributed by atoms with Gasteiger partial charge in [0, 0.05) is 6.04 Å². The van der Waals surface area contributed by atoms with Crippen LogP contribution in [0.4, 0.5) is 4.79 Å². The lowest BCUT2D eigenvalue weighted by Crippen LogP contribution is -2.49. The summed E-state index contributed by atoms with van der Waals surface area (Å²) in [4.78, 5) is 25.1. The Hall–Kier alpha value is -1.26. The summed E-state index contributed by atoms with van der Waals surface area (Å²) in [6.45, 7) is 9.27. The van der Waals surface area contributed by atoms with Crippen molar-refractivity contribution >= 4 is 12.1 Å². The van der Waals surface area contributed by atoms with E-state index in [1.807, 2.05) is 13.8 Å². The van der Waals surface area contributed by atoms with Gasteiger partial charge in [0.25, 0.3) is 0 Å². The Balaban J connectivity index is 2.85. The van der Waals surface area contributed by atoms with Gasteiger partial charge < -0.3 is 9.84 Å². The molecule has 0 saturated heterocycles. The Morgan fingerprint density at radius 3 is 2.16 bits per heavy atom. The molecule has 1 atom stereocenters. The fraction of sp³-hybridized carbons (Fsp3) is 0.857. The number of hydrogen-bond donors (Lipinski definition) is 1. The second-order valence-corrected chi connectivity index (χ2v) is 6.60. The first-order valence-corrected chi connectivity index (χ1v) is 6.86. The number of carboxylic acid groups (broad SMARTS) is 1. The number of carbonyl (C=O) groups excluding carboxylic acids is 1. The minimum absolute atomic E-state index is 0.0229. The number of ether oxygens (including phenoxy) is 1. The van der Waals surface area contributed by atoms with Crippen LogP contribution in [0.25, 0.3) is 0 Å². The molecule has 0 heterocycles. The van der Waals surface area contributed by atoms with E-state index in [4.69, 9.17) is 4.74 Å². The van der Waals surface area contributed by atoms with Crippen molar-refractivity contribution in [2.45, 2.75) is 71.6 Å². The molecule has 0 radical (unpaired) electrons. The predicted molar refractivity (Wildman–Crippen MR) is 72.0 cm³/mol. The Labute approximate surface area is 114 Å². The highest BCUT2D eigenvalue weighted by molar-refractivity contribution is 5.80. The highest BCUT2D eigenvalue weighted by Crippen LogP contribution is 2.32. The van der Waals surface area contributed by atoms with Gasteiger partial charge in [0.2, 0.25) is 0 Å². The van der Waals surface area contributed by atoms with Crippen LogP contribution in [0.15, 0.2) is 0 Å². The summed E-state index contributed by atoms with van der Waals surface area (Å²) in [5, 5.41) is 9.37. The molecule has 5 nitrogen and oxygen atoms in total. The maximum absolute atomic E-state index is 12.2. The van der Waals surface area contributed by atoms with Crippen LogP contribution >= 0.6 is 0 Å². The van der Waals surface area contributed by atoms with Crippen LogP contribution in [0.5, 0.6) is 0 Å². The molecule has 1 aliphatic rings. The van der Waals surface area contributed by atoms with Gasteiger partial charge in [-0.3, -0.25) is 4.90 Å². The third kappa shape index (κ3) is 5.09. The minimum Gasteiger partial charge on any atom is -0.480 e. The fourth-order valence-corrected chi connectivity index (χ4v) is 1.98. The van der Waals surface area contributed by atoms with Gasteiger partial charge in [0.1, 0.15) is 11.6 Å². The smallest absolute Gasteiger partial charge is 0.411 e. The molecule has 1 N–H and O–H groups in total. The van der Waals surface area contributed by atoms with Crippen LogP contribution in [-0.2, 0) is 9.53 Å². The second-order valence-electron chi connectivity index (χ2n) is 6.60. The molecule has 1 rings (SSSR count). The van der Waals surface area contributed by atoms with Gasteiger partial charge in [0.15, 0.2) is 0 Å². The van der Waals surface area contributed by atoms with Crippen LogP contribution in [0.2, 0.25) is 0 Å². The maximum Gasteiger partial charge on any atom is 0.411 e. The van der Waals surface area contributed by atoms with Crippen molar-refractivity contribution in [2.75, 3.05) is 0 Å². The number of amides is 1. The molecule has 1 fully saturated rings. The number of carboxylic acids is 1. The molecule has 1 saturated carbocycles. The zero-order valence-electron chi connectivity index (χ0n) is 12.5. The van der Waals surface area contributed by atoms with E-state index in [2.05, 4.69) is 0 Å². The molecule has 0 aromatic carbocycles. The van der Waals surface area contributed by atoms with E-state index in [1.165, 1.54) is 4.90 Å². The Morgan fingerprint density at radius 2 is 1.84 bits per heavy atom. The summed E-state index contributed by atoms with van der Waals surface area (Å²) >= 11 is 0. The summed E-state index contributed by atoms with van der Waals surface area (Å²) in [6, 6.07) is -0.767. The van der Waals surface area contributed by atoms with Crippen molar-refractivity contribution in [3.05, 3.63) is 0 Å². The first kappa shape index (κ1) is 15.8. The summed E-state index contributed by atoms with van der Waals surface area (Å²) < 4.78 is 5.34. The number of aliphatic carboxylic acids is 1. The Bertz CT molecular complexity index is 342. The molecule has 0 bridgehead atoms. The minimum atomic E-state index is -0.952. The number of nitrogens with zero attached hydrogens (tertiary/aromatic N) is 1. The summed E-state index contributed by atoms with van der Waals surface area (Å²) in [6.07, 6.45) is 1.66. The van der Waals surface area contributed by atoms with Gasteiger partial charge >= 0.3 is 12.1 Å². The van der Waals surface area contributed by atoms with Crippen molar-refractivity contribution in [1.29, 1.82) is 0 Å². The van der Waals surface area contributed by atoms with Crippen molar-refractivity contribution in [3.63, 3.8) is 0 Å². The van der Waals surface area contributed by atoms with Gasteiger partial charge in [-0.2, -0.15) is 0 Å². The summed E-state index contributed by atoms with van der Waals surface area (Å²) in [5.74, 6) is -0.740. The standard InChI is InChI=1S/C14H25NO4/c1-9(2)8-11(12(16)17)15(10-6-7-10)13(18)19-14(3,4)5/h9-11H,6-8H2,1-5H3,(H,16,17). The van der Waals surface area contributed by atoms with Gasteiger partial charge in [0.05, 0.1) is 0 Å². The van der Waals surface area contributed by atoms with E-state index in [0.29, 0.717) is 6.42 Å². The van der Waals surface area contributed by atoms with E-state index in [-0.39, 0.29) is 12.0 Å². The molecule has 1 amide bonds. The maximum atomic E-state index is 12.2. The molecule has 1 aliphatic carbocycles. The SMILES string of the molecule is CC(C)CC(C(=O)O)N(C(=O)OC(C)(C)C)C1CC1. The fourth-order valence-electron chi connectivity index (χ4n) is 1.98. The highest BCUT2D eigenvalue weighted by atomic mass is 16.6. The summed E-state index contributed by atoms with van der Waals surface area (Å²) in [5.41, 5.74) is -0.606. The molecule has 110 valence electrons. The summed E-state index contributed by atoms with van der Waals surface area (Å²) in [7, 11) is 0. The zero-order valence-corrected chi connectivity index (χ0v) is 12.5. The number of hydrogen-bond acceptors (Lipinski definition) is 3. The van der Waals surface area contributed by atoms with Crippen LogP contribution in [0.1, 0.15) is 53.9 Å². The zero-order chi connectivity index (χ0) is 14.8. The van der Waals surface area contributed by atoms with Crippen LogP contribution in [-0.4, -0.2) is 39.8 Å². The first-order chi connectivity index (χ1) is 8.61. The van der Waals surface area contributed by atoms with Crippen LogP contribution < -0.4 is 0 Å². The quantitative estimate of drug-likeness (QED) is 0.835.